The van der Waals surface area contributed by atoms with Gasteiger partial charge in [0.2, 0.25) is 5.91 Å². The van der Waals surface area contributed by atoms with Gasteiger partial charge < -0.3 is 19.8 Å². The van der Waals surface area contributed by atoms with Crippen molar-refractivity contribution in [2.45, 2.75) is 26.2 Å². The molecule has 1 amide bonds. The zero-order valence-electron chi connectivity index (χ0n) is 14.1. The molecule has 24 heavy (non-hydrogen) atoms. The minimum absolute atomic E-state index is 0. The van der Waals surface area contributed by atoms with Crippen molar-refractivity contribution in [3.8, 4) is 5.75 Å². The molecule has 2 fully saturated rings. The zero-order valence-corrected chi connectivity index (χ0v) is 15.7. The summed E-state index contributed by atoms with van der Waals surface area (Å²) in [5.74, 6) is 0.461. The Balaban J connectivity index is 0.00000144. The third-order valence-electron chi connectivity index (χ3n) is 4.75. The Hall–Kier alpha value is -1.33. The number of anilines is 2. The Morgan fingerprint density at radius 3 is 2.12 bits per heavy atom. The van der Waals surface area contributed by atoms with E-state index in [2.05, 4.69) is 15.9 Å². The number of rotatable bonds is 2. The average Bonchev–Trinajstić information content (AvgIpc) is 2.56. The predicted molar refractivity (Wildman–Crippen MR) is 103 cm³/mol. The number of hydrogen-bond acceptors (Lipinski definition) is 4. The molecule has 2 aliphatic heterocycles. The SMILES string of the molecule is CC(=O)N1CCN(c2cc(N3CCCCC3)ccc2O)CC1.Cl.Cl. The second-order valence-corrected chi connectivity index (χ2v) is 6.21. The van der Waals surface area contributed by atoms with Gasteiger partial charge >= 0.3 is 0 Å². The molecule has 1 aromatic carbocycles. The summed E-state index contributed by atoms with van der Waals surface area (Å²) in [6.07, 6.45) is 3.80. The first-order valence-electron chi connectivity index (χ1n) is 8.23. The normalized spacial score (nSPS) is 17.8. The van der Waals surface area contributed by atoms with Crippen molar-refractivity contribution in [1.29, 1.82) is 0 Å². The second-order valence-electron chi connectivity index (χ2n) is 6.21. The summed E-state index contributed by atoms with van der Waals surface area (Å²) in [6.45, 7) is 6.81. The van der Waals surface area contributed by atoms with E-state index in [4.69, 9.17) is 0 Å². The third-order valence-corrected chi connectivity index (χ3v) is 4.75. The monoisotopic (exact) mass is 375 g/mol. The molecule has 7 heteroatoms. The molecule has 0 bridgehead atoms. The smallest absolute Gasteiger partial charge is 0.219 e. The van der Waals surface area contributed by atoms with Gasteiger partial charge in [0.25, 0.3) is 0 Å². The molecule has 3 rings (SSSR count). The van der Waals surface area contributed by atoms with Crippen molar-refractivity contribution in [2.24, 2.45) is 0 Å². The molecule has 1 aromatic rings. The Morgan fingerprint density at radius 1 is 0.917 bits per heavy atom. The summed E-state index contributed by atoms with van der Waals surface area (Å²) in [5.41, 5.74) is 2.09. The molecule has 2 aliphatic rings. The van der Waals surface area contributed by atoms with Crippen LogP contribution in [0.5, 0.6) is 5.75 Å². The van der Waals surface area contributed by atoms with E-state index >= 15 is 0 Å². The van der Waals surface area contributed by atoms with E-state index in [9.17, 15) is 9.90 Å². The number of halogens is 2. The lowest BCUT2D eigenvalue weighted by Crippen LogP contribution is -2.48. The number of piperidine rings is 1. The number of carbonyl (C=O) groups is 1. The topological polar surface area (TPSA) is 47.0 Å². The fourth-order valence-electron chi connectivity index (χ4n) is 3.38. The van der Waals surface area contributed by atoms with Gasteiger partial charge in [0, 0.05) is 51.9 Å². The number of phenolic OH excluding ortho intramolecular Hbond substituents is 1. The highest BCUT2D eigenvalue weighted by atomic mass is 35.5. The van der Waals surface area contributed by atoms with Crippen molar-refractivity contribution in [3.63, 3.8) is 0 Å². The fraction of sp³-hybridized carbons (Fsp3) is 0.588. The summed E-state index contributed by atoms with van der Waals surface area (Å²) in [7, 11) is 0. The number of phenols is 1. The second kappa shape index (κ2) is 9.23. The minimum Gasteiger partial charge on any atom is -0.506 e. The highest BCUT2D eigenvalue weighted by Crippen LogP contribution is 2.33. The van der Waals surface area contributed by atoms with E-state index in [0.717, 1.165) is 45.0 Å². The lowest BCUT2D eigenvalue weighted by molar-refractivity contribution is -0.129. The molecule has 0 unspecified atom stereocenters. The van der Waals surface area contributed by atoms with E-state index in [1.807, 2.05) is 11.0 Å². The lowest BCUT2D eigenvalue weighted by Gasteiger charge is -2.36. The first-order chi connectivity index (χ1) is 10.6. The van der Waals surface area contributed by atoms with Gasteiger partial charge in [-0.25, -0.2) is 0 Å². The number of piperazine rings is 1. The molecule has 0 radical (unpaired) electrons. The highest BCUT2D eigenvalue weighted by Gasteiger charge is 2.21. The molecule has 0 aromatic heterocycles. The van der Waals surface area contributed by atoms with Crippen LogP contribution in [0.15, 0.2) is 18.2 Å². The van der Waals surface area contributed by atoms with Crippen LogP contribution in [0.2, 0.25) is 0 Å². The Bertz CT molecular complexity index is 543. The van der Waals surface area contributed by atoms with Crippen molar-refractivity contribution in [3.05, 3.63) is 18.2 Å². The number of amides is 1. The van der Waals surface area contributed by atoms with Gasteiger partial charge in [-0.05, 0) is 37.5 Å². The minimum atomic E-state index is 0. The van der Waals surface area contributed by atoms with Crippen molar-refractivity contribution < 1.29 is 9.90 Å². The standard InChI is InChI=1S/C17H25N3O2.2ClH/c1-14(21)18-9-11-20(12-10-18)16-13-15(5-6-17(16)22)19-7-3-2-4-8-19;;/h5-6,13,22H,2-4,7-12H2,1H3;2*1H. The predicted octanol–water partition coefficient (Wildman–Crippen LogP) is 2.89. The van der Waals surface area contributed by atoms with Crippen LogP contribution in [0, 0.1) is 0 Å². The Labute approximate surface area is 156 Å². The molecule has 1 N–H and O–H groups in total. The maximum atomic E-state index is 11.4. The summed E-state index contributed by atoms with van der Waals surface area (Å²) in [5, 5.41) is 10.2. The van der Waals surface area contributed by atoms with E-state index in [1.54, 1.807) is 13.0 Å². The van der Waals surface area contributed by atoms with Crippen LogP contribution >= 0.6 is 24.8 Å². The summed E-state index contributed by atoms with van der Waals surface area (Å²) in [4.78, 5) is 17.9. The Morgan fingerprint density at radius 2 is 1.54 bits per heavy atom. The molecule has 2 heterocycles. The van der Waals surface area contributed by atoms with Crippen LogP contribution in [-0.2, 0) is 4.79 Å². The molecule has 136 valence electrons. The molecule has 0 spiro atoms. The maximum Gasteiger partial charge on any atom is 0.219 e. The quantitative estimate of drug-likeness (QED) is 0.862. The van der Waals surface area contributed by atoms with E-state index in [-0.39, 0.29) is 30.7 Å². The molecular formula is C17H27Cl2N3O2. The number of hydrogen-bond donors (Lipinski definition) is 1. The molecule has 0 saturated carbocycles. The van der Waals surface area contributed by atoms with Crippen LogP contribution in [0.1, 0.15) is 26.2 Å². The number of carbonyl (C=O) groups excluding carboxylic acids is 1. The van der Waals surface area contributed by atoms with E-state index < -0.39 is 0 Å². The lowest BCUT2D eigenvalue weighted by atomic mass is 10.1. The van der Waals surface area contributed by atoms with Crippen LogP contribution in [0.25, 0.3) is 0 Å². The zero-order chi connectivity index (χ0) is 15.5. The molecular weight excluding hydrogens is 349 g/mol. The van der Waals surface area contributed by atoms with Crippen LogP contribution in [0.3, 0.4) is 0 Å². The van der Waals surface area contributed by atoms with Crippen molar-refractivity contribution >= 4 is 42.1 Å². The summed E-state index contributed by atoms with van der Waals surface area (Å²) < 4.78 is 0. The Kier molecular flexibility index (Phi) is 7.97. The van der Waals surface area contributed by atoms with Gasteiger partial charge in [0.1, 0.15) is 5.75 Å². The van der Waals surface area contributed by atoms with Crippen LogP contribution in [0.4, 0.5) is 11.4 Å². The van der Waals surface area contributed by atoms with Crippen LogP contribution < -0.4 is 9.80 Å². The van der Waals surface area contributed by atoms with Gasteiger partial charge in [-0.15, -0.1) is 24.8 Å². The largest absolute Gasteiger partial charge is 0.506 e. The molecule has 2 saturated heterocycles. The molecule has 0 aliphatic carbocycles. The fourth-order valence-corrected chi connectivity index (χ4v) is 3.38. The average molecular weight is 376 g/mol. The molecule has 5 nitrogen and oxygen atoms in total. The first kappa shape index (κ1) is 20.7. The van der Waals surface area contributed by atoms with Gasteiger partial charge in [-0.1, -0.05) is 0 Å². The number of aromatic hydroxyl groups is 1. The molecule has 0 atom stereocenters. The summed E-state index contributed by atoms with van der Waals surface area (Å²) in [6, 6.07) is 5.91. The van der Waals surface area contributed by atoms with E-state index in [0.29, 0.717) is 5.75 Å². The third kappa shape index (κ3) is 4.61. The van der Waals surface area contributed by atoms with Crippen molar-refractivity contribution in [1.82, 2.24) is 4.90 Å². The number of benzene rings is 1. The maximum absolute atomic E-state index is 11.4. The van der Waals surface area contributed by atoms with Gasteiger partial charge in [0.15, 0.2) is 0 Å². The first-order valence-corrected chi connectivity index (χ1v) is 8.23. The summed E-state index contributed by atoms with van der Waals surface area (Å²) >= 11 is 0. The van der Waals surface area contributed by atoms with Gasteiger partial charge in [-0.2, -0.15) is 0 Å². The number of nitrogens with zero attached hydrogens (tertiary/aromatic N) is 3. The van der Waals surface area contributed by atoms with E-state index in [1.165, 1.54) is 24.9 Å². The highest BCUT2D eigenvalue weighted by molar-refractivity contribution is 5.85. The van der Waals surface area contributed by atoms with Gasteiger partial charge in [-0.3, -0.25) is 4.79 Å². The van der Waals surface area contributed by atoms with Crippen LogP contribution in [-0.4, -0.2) is 55.2 Å². The van der Waals surface area contributed by atoms with Gasteiger partial charge in [0.05, 0.1) is 5.69 Å². The van der Waals surface area contributed by atoms with Crippen molar-refractivity contribution in [2.75, 3.05) is 49.1 Å².